The van der Waals surface area contributed by atoms with Crippen molar-refractivity contribution >= 4 is 5.82 Å². The smallest absolute Gasteiger partial charge is 0.217 e. The van der Waals surface area contributed by atoms with E-state index in [2.05, 4.69) is 22.2 Å². The molecule has 14 heavy (non-hydrogen) atoms. The summed E-state index contributed by atoms with van der Waals surface area (Å²) in [5.74, 6) is 0.0897. The molecule has 1 N–H and O–H groups in total. The normalized spacial score (nSPS) is 18.7. The van der Waals surface area contributed by atoms with Gasteiger partial charge in [0.25, 0.3) is 0 Å². The molecule has 2 rings (SSSR count). The van der Waals surface area contributed by atoms with E-state index in [0.717, 1.165) is 6.54 Å². The highest BCUT2D eigenvalue weighted by molar-refractivity contribution is 5.32. The van der Waals surface area contributed by atoms with Crippen molar-refractivity contribution in [2.75, 3.05) is 11.9 Å². The van der Waals surface area contributed by atoms with Crippen molar-refractivity contribution in [3.8, 4) is 0 Å². The fraction of sp³-hybridized carbons (Fsp3) is 0.600. The molecule has 76 valence electrons. The highest BCUT2D eigenvalue weighted by atomic mass is 19.1. The molecule has 0 radical (unpaired) electrons. The number of aromatic nitrogens is 2. The molecule has 4 heteroatoms. The molecule has 1 aliphatic rings. The highest BCUT2D eigenvalue weighted by Crippen LogP contribution is 2.39. The number of halogens is 1. The average Bonchev–Trinajstić information content (AvgIpc) is 2.12. The fourth-order valence-electron chi connectivity index (χ4n) is 1.69. The number of anilines is 1. The summed E-state index contributed by atoms with van der Waals surface area (Å²) in [6, 6.07) is 1.32. The molecular formula is C10H14FN3. The van der Waals surface area contributed by atoms with Crippen molar-refractivity contribution < 1.29 is 4.39 Å². The van der Waals surface area contributed by atoms with Crippen LogP contribution in [0.25, 0.3) is 0 Å². The van der Waals surface area contributed by atoms with E-state index in [1.165, 1.54) is 31.7 Å². The lowest BCUT2D eigenvalue weighted by Gasteiger charge is -2.38. The first kappa shape index (κ1) is 9.37. The summed E-state index contributed by atoms with van der Waals surface area (Å²) in [4.78, 5) is 7.34. The van der Waals surface area contributed by atoms with Gasteiger partial charge in [-0.05, 0) is 18.3 Å². The van der Waals surface area contributed by atoms with Crippen LogP contribution < -0.4 is 5.32 Å². The third kappa shape index (κ3) is 2.00. The lowest BCUT2D eigenvalue weighted by molar-refractivity contribution is 0.180. The molecule has 1 saturated carbocycles. The van der Waals surface area contributed by atoms with Crippen LogP contribution in [0.5, 0.6) is 0 Å². The number of hydrogen-bond donors (Lipinski definition) is 1. The molecule has 3 nitrogen and oxygen atoms in total. The molecule has 0 bridgehead atoms. The van der Waals surface area contributed by atoms with Gasteiger partial charge >= 0.3 is 0 Å². The van der Waals surface area contributed by atoms with Crippen LogP contribution in [0.3, 0.4) is 0 Å². The van der Waals surface area contributed by atoms with E-state index in [4.69, 9.17) is 0 Å². The van der Waals surface area contributed by atoms with Crippen LogP contribution in [0, 0.1) is 11.4 Å². The van der Waals surface area contributed by atoms with Gasteiger partial charge in [0.1, 0.15) is 12.1 Å². The quantitative estimate of drug-likeness (QED) is 0.751. The summed E-state index contributed by atoms with van der Waals surface area (Å²) in [5.41, 5.74) is 0.376. The first-order valence-electron chi connectivity index (χ1n) is 4.89. The molecule has 0 spiro atoms. The predicted octanol–water partition coefficient (Wildman–Crippen LogP) is 2.22. The van der Waals surface area contributed by atoms with E-state index in [-0.39, 0.29) is 0 Å². The molecule has 1 heterocycles. The van der Waals surface area contributed by atoms with Crippen LogP contribution in [0.2, 0.25) is 0 Å². The largest absolute Gasteiger partial charge is 0.369 e. The van der Waals surface area contributed by atoms with E-state index < -0.39 is 5.95 Å². The fourth-order valence-corrected chi connectivity index (χ4v) is 1.69. The van der Waals surface area contributed by atoms with Crippen LogP contribution in [0.4, 0.5) is 10.2 Å². The average molecular weight is 195 g/mol. The number of hydrogen-bond acceptors (Lipinski definition) is 3. The monoisotopic (exact) mass is 195 g/mol. The second kappa shape index (κ2) is 3.52. The van der Waals surface area contributed by atoms with Gasteiger partial charge in [-0.3, -0.25) is 0 Å². The molecule has 0 aliphatic heterocycles. The summed E-state index contributed by atoms with van der Waals surface area (Å²) in [7, 11) is 0. The molecule has 1 aromatic rings. The molecular weight excluding hydrogens is 181 g/mol. The molecule has 0 atom stereocenters. The van der Waals surface area contributed by atoms with Crippen LogP contribution in [0.1, 0.15) is 26.2 Å². The Kier molecular flexibility index (Phi) is 2.35. The Morgan fingerprint density at radius 1 is 1.50 bits per heavy atom. The van der Waals surface area contributed by atoms with Gasteiger partial charge in [0.2, 0.25) is 5.95 Å². The number of nitrogens with one attached hydrogen (secondary N) is 1. The summed E-state index contributed by atoms with van der Waals surface area (Å²) in [6.07, 6.45) is 5.03. The van der Waals surface area contributed by atoms with Crippen molar-refractivity contribution in [2.24, 2.45) is 5.41 Å². The van der Waals surface area contributed by atoms with Gasteiger partial charge in [-0.2, -0.15) is 4.39 Å². The zero-order chi connectivity index (χ0) is 10.0. The van der Waals surface area contributed by atoms with Gasteiger partial charge in [-0.25, -0.2) is 9.97 Å². The van der Waals surface area contributed by atoms with Gasteiger partial charge < -0.3 is 5.32 Å². The van der Waals surface area contributed by atoms with Gasteiger partial charge in [0, 0.05) is 12.6 Å². The Balaban J connectivity index is 1.91. The topological polar surface area (TPSA) is 37.8 Å². The zero-order valence-corrected chi connectivity index (χ0v) is 8.26. The summed E-state index contributed by atoms with van der Waals surface area (Å²) < 4.78 is 12.7. The van der Waals surface area contributed by atoms with E-state index in [1.54, 1.807) is 0 Å². The zero-order valence-electron chi connectivity index (χ0n) is 8.26. The summed E-state index contributed by atoms with van der Waals surface area (Å²) in [6.45, 7) is 3.10. The van der Waals surface area contributed by atoms with Gasteiger partial charge in [-0.15, -0.1) is 0 Å². The van der Waals surface area contributed by atoms with Gasteiger partial charge in [0.05, 0.1) is 0 Å². The van der Waals surface area contributed by atoms with E-state index in [1.807, 2.05) is 0 Å². The maximum Gasteiger partial charge on any atom is 0.217 e. The highest BCUT2D eigenvalue weighted by Gasteiger charge is 2.31. The maximum atomic E-state index is 12.7. The molecule has 1 aliphatic carbocycles. The van der Waals surface area contributed by atoms with Gasteiger partial charge in [0.15, 0.2) is 0 Å². The Morgan fingerprint density at radius 2 is 2.29 bits per heavy atom. The van der Waals surface area contributed by atoms with Gasteiger partial charge in [-0.1, -0.05) is 13.3 Å². The molecule has 0 saturated heterocycles. The van der Waals surface area contributed by atoms with Crippen LogP contribution >= 0.6 is 0 Å². The van der Waals surface area contributed by atoms with Crippen molar-refractivity contribution in [3.63, 3.8) is 0 Å². The Hall–Kier alpha value is -1.19. The van der Waals surface area contributed by atoms with E-state index >= 15 is 0 Å². The summed E-state index contributed by atoms with van der Waals surface area (Å²) >= 11 is 0. The number of nitrogens with zero attached hydrogens (tertiary/aromatic N) is 2. The third-order valence-electron chi connectivity index (χ3n) is 2.89. The second-order valence-electron chi connectivity index (χ2n) is 4.24. The van der Waals surface area contributed by atoms with E-state index in [0.29, 0.717) is 11.2 Å². The standard InChI is InChI=1S/C10H14FN3/c1-10(3-2-4-10)6-12-9-5-8(11)13-7-14-9/h5,7H,2-4,6H2,1H3,(H,12,13,14). The van der Waals surface area contributed by atoms with Crippen molar-refractivity contribution in [1.29, 1.82) is 0 Å². The molecule has 0 aromatic carbocycles. The lowest BCUT2D eigenvalue weighted by Crippen LogP contribution is -2.33. The minimum Gasteiger partial charge on any atom is -0.369 e. The molecule has 1 fully saturated rings. The van der Waals surface area contributed by atoms with Crippen molar-refractivity contribution in [3.05, 3.63) is 18.3 Å². The lowest BCUT2D eigenvalue weighted by atomic mass is 9.70. The number of rotatable bonds is 3. The Morgan fingerprint density at radius 3 is 2.86 bits per heavy atom. The molecule has 0 amide bonds. The first-order valence-corrected chi connectivity index (χ1v) is 4.89. The minimum absolute atomic E-state index is 0.376. The van der Waals surface area contributed by atoms with Crippen LogP contribution in [0.15, 0.2) is 12.4 Å². The maximum absolute atomic E-state index is 12.7. The van der Waals surface area contributed by atoms with Crippen molar-refractivity contribution in [2.45, 2.75) is 26.2 Å². The Labute approximate surface area is 82.8 Å². The SMILES string of the molecule is CC1(CNc2cc(F)ncn2)CCC1. The Bertz CT molecular complexity index is 323. The van der Waals surface area contributed by atoms with E-state index in [9.17, 15) is 4.39 Å². The molecule has 0 unspecified atom stereocenters. The minimum atomic E-state index is -0.485. The van der Waals surface area contributed by atoms with Crippen molar-refractivity contribution in [1.82, 2.24) is 9.97 Å². The second-order valence-corrected chi connectivity index (χ2v) is 4.24. The molecule has 1 aromatic heterocycles. The third-order valence-corrected chi connectivity index (χ3v) is 2.89. The van der Waals surface area contributed by atoms with Crippen LogP contribution in [-0.4, -0.2) is 16.5 Å². The van der Waals surface area contributed by atoms with Crippen LogP contribution in [-0.2, 0) is 0 Å². The first-order chi connectivity index (χ1) is 6.68. The summed E-state index contributed by atoms with van der Waals surface area (Å²) in [5, 5.41) is 3.14. The predicted molar refractivity (Wildman–Crippen MR) is 52.4 cm³/mol.